The van der Waals surface area contributed by atoms with Crippen molar-refractivity contribution in [3.8, 4) is 11.5 Å². The average molecular weight is 355 g/mol. The zero-order chi connectivity index (χ0) is 17.9. The van der Waals surface area contributed by atoms with Gasteiger partial charge in [-0.3, -0.25) is 0 Å². The maximum absolute atomic E-state index is 9.68. The van der Waals surface area contributed by atoms with E-state index in [-0.39, 0.29) is 6.10 Å². The molecule has 3 heterocycles. The summed E-state index contributed by atoms with van der Waals surface area (Å²) in [7, 11) is 1.67. The van der Waals surface area contributed by atoms with E-state index >= 15 is 0 Å². The second-order valence-corrected chi connectivity index (χ2v) is 7.08. The first-order chi connectivity index (χ1) is 12.7. The summed E-state index contributed by atoms with van der Waals surface area (Å²) < 4.78 is 11.4. The lowest BCUT2D eigenvalue weighted by Gasteiger charge is -2.30. The minimum atomic E-state index is -0.177. The topological polar surface area (TPSA) is 67.7 Å². The first-order valence-corrected chi connectivity index (χ1v) is 9.26. The molecule has 0 amide bonds. The van der Waals surface area contributed by atoms with E-state index in [1.807, 2.05) is 24.4 Å². The molecule has 0 bridgehead atoms. The Morgan fingerprint density at radius 2 is 2.12 bits per heavy atom. The number of aliphatic hydroxyl groups is 1. The molecule has 2 aromatic rings. The van der Waals surface area contributed by atoms with Crippen LogP contribution in [0.5, 0.6) is 11.5 Å². The second-order valence-electron chi connectivity index (χ2n) is 7.08. The smallest absolute Gasteiger partial charge is 0.164 e. The van der Waals surface area contributed by atoms with Crippen LogP contribution in [0.1, 0.15) is 24.2 Å². The summed E-state index contributed by atoms with van der Waals surface area (Å²) in [6.45, 7) is 2.34. The van der Waals surface area contributed by atoms with Crippen LogP contribution in [-0.2, 0) is 12.8 Å². The standard InChI is InChI=1S/C20H25N3O3/c1-25-17-4-2-3-15-11-14(13-26-20(15)17)12-18-21-8-5-19(22-18)23-9-6-16(24)7-10-23/h2-5,8,14,16,24H,6-7,9-13H2,1H3/t14-/m1/s1. The molecule has 0 radical (unpaired) electrons. The highest BCUT2D eigenvalue weighted by molar-refractivity contribution is 5.47. The first kappa shape index (κ1) is 17.1. The summed E-state index contributed by atoms with van der Waals surface area (Å²) in [6, 6.07) is 7.99. The molecule has 1 N–H and O–H groups in total. The zero-order valence-electron chi connectivity index (χ0n) is 15.1. The van der Waals surface area contributed by atoms with Crippen LogP contribution in [0.4, 0.5) is 5.82 Å². The number of hydrogen-bond acceptors (Lipinski definition) is 6. The van der Waals surface area contributed by atoms with Crippen molar-refractivity contribution in [2.24, 2.45) is 5.92 Å². The maximum atomic E-state index is 9.68. The molecular weight excluding hydrogens is 330 g/mol. The molecule has 2 aliphatic rings. The predicted molar refractivity (Wildman–Crippen MR) is 98.9 cm³/mol. The van der Waals surface area contributed by atoms with Crippen LogP contribution in [0.3, 0.4) is 0 Å². The largest absolute Gasteiger partial charge is 0.493 e. The summed E-state index contributed by atoms with van der Waals surface area (Å²) in [6.07, 6.45) is 4.99. The molecule has 0 unspecified atom stereocenters. The fraction of sp³-hybridized carbons (Fsp3) is 0.500. The summed E-state index contributed by atoms with van der Waals surface area (Å²) in [4.78, 5) is 11.5. The number of rotatable bonds is 4. The Balaban J connectivity index is 1.44. The number of anilines is 1. The SMILES string of the molecule is COc1cccc2c1OC[C@@H](Cc1nccc(N3CCC(O)CC3)n1)C2. The molecule has 0 spiro atoms. The number of aromatic nitrogens is 2. The van der Waals surface area contributed by atoms with Crippen LogP contribution < -0.4 is 14.4 Å². The van der Waals surface area contributed by atoms with Gasteiger partial charge >= 0.3 is 0 Å². The van der Waals surface area contributed by atoms with Gasteiger partial charge in [-0.2, -0.15) is 0 Å². The molecule has 1 atom stereocenters. The number of ether oxygens (including phenoxy) is 2. The van der Waals surface area contributed by atoms with Crippen molar-refractivity contribution in [1.29, 1.82) is 0 Å². The van der Waals surface area contributed by atoms with E-state index in [2.05, 4.69) is 16.0 Å². The van der Waals surface area contributed by atoms with E-state index in [4.69, 9.17) is 14.5 Å². The number of hydrogen-bond donors (Lipinski definition) is 1. The number of aliphatic hydroxyl groups excluding tert-OH is 1. The van der Waals surface area contributed by atoms with Crippen molar-refractivity contribution >= 4 is 5.82 Å². The van der Waals surface area contributed by atoms with Gasteiger partial charge in [0.05, 0.1) is 19.8 Å². The number of para-hydroxylation sites is 1. The molecule has 138 valence electrons. The molecule has 1 saturated heterocycles. The van der Waals surface area contributed by atoms with E-state index in [1.54, 1.807) is 7.11 Å². The zero-order valence-corrected chi connectivity index (χ0v) is 15.1. The van der Waals surface area contributed by atoms with Crippen molar-refractivity contribution in [3.63, 3.8) is 0 Å². The van der Waals surface area contributed by atoms with Gasteiger partial charge in [-0.15, -0.1) is 0 Å². The monoisotopic (exact) mass is 355 g/mol. The van der Waals surface area contributed by atoms with Gasteiger partial charge in [0.2, 0.25) is 0 Å². The highest BCUT2D eigenvalue weighted by atomic mass is 16.5. The number of piperidine rings is 1. The predicted octanol–water partition coefficient (Wildman–Crippen LogP) is 2.24. The number of nitrogens with zero attached hydrogens (tertiary/aromatic N) is 3. The van der Waals surface area contributed by atoms with Crippen LogP contribution in [0.2, 0.25) is 0 Å². The molecule has 0 aliphatic carbocycles. The minimum Gasteiger partial charge on any atom is -0.493 e. The van der Waals surface area contributed by atoms with Crippen molar-refractivity contribution < 1.29 is 14.6 Å². The molecule has 0 saturated carbocycles. The van der Waals surface area contributed by atoms with Gasteiger partial charge in [0, 0.05) is 31.6 Å². The quantitative estimate of drug-likeness (QED) is 0.907. The van der Waals surface area contributed by atoms with Gasteiger partial charge in [0.15, 0.2) is 11.5 Å². The lowest BCUT2D eigenvalue weighted by atomic mass is 9.93. The van der Waals surface area contributed by atoms with Gasteiger partial charge in [-0.05, 0) is 37.0 Å². The Hall–Kier alpha value is -2.34. The second kappa shape index (κ2) is 7.50. The van der Waals surface area contributed by atoms with E-state index < -0.39 is 0 Å². The molecule has 1 fully saturated rings. The summed E-state index contributed by atoms with van der Waals surface area (Å²) in [5.74, 6) is 3.83. The molecule has 1 aromatic heterocycles. The Morgan fingerprint density at radius 3 is 2.92 bits per heavy atom. The van der Waals surface area contributed by atoms with E-state index in [1.165, 1.54) is 5.56 Å². The lowest BCUT2D eigenvalue weighted by molar-refractivity contribution is 0.145. The Kier molecular flexibility index (Phi) is 4.93. The lowest BCUT2D eigenvalue weighted by Crippen LogP contribution is -2.36. The normalized spacial score (nSPS) is 20.4. The van der Waals surface area contributed by atoms with Crippen molar-refractivity contribution in [3.05, 3.63) is 41.9 Å². The van der Waals surface area contributed by atoms with Gasteiger partial charge in [-0.1, -0.05) is 12.1 Å². The van der Waals surface area contributed by atoms with Crippen LogP contribution in [0.25, 0.3) is 0 Å². The van der Waals surface area contributed by atoms with Crippen LogP contribution >= 0.6 is 0 Å². The number of fused-ring (bicyclic) bond motifs is 1. The number of benzene rings is 1. The maximum Gasteiger partial charge on any atom is 0.164 e. The summed E-state index contributed by atoms with van der Waals surface area (Å²) in [5.41, 5.74) is 1.18. The molecule has 26 heavy (non-hydrogen) atoms. The Morgan fingerprint density at radius 1 is 1.27 bits per heavy atom. The van der Waals surface area contributed by atoms with E-state index in [0.717, 1.165) is 61.9 Å². The Labute approximate surface area is 153 Å². The van der Waals surface area contributed by atoms with Gasteiger partial charge in [0.25, 0.3) is 0 Å². The summed E-state index contributed by atoms with van der Waals surface area (Å²) >= 11 is 0. The molecule has 1 aromatic carbocycles. The molecular formula is C20H25N3O3. The third-order valence-corrected chi connectivity index (χ3v) is 5.20. The fourth-order valence-electron chi connectivity index (χ4n) is 3.76. The van der Waals surface area contributed by atoms with Gasteiger partial charge in [0.1, 0.15) is 11.6 Å². The van der Waals surface area contributed by atoms with Crippen molar-refractivity contribution in [2.45, 2.75) is 31.8 Å². The fourth-order valence-corrected chi connectivity index (χ4v) is 3.76. The van der Waals surface area contributed by atoms with E-state index in [0.29, 0.717) is 12.5 Å². The third kappa shape index (κ3) is 3.60. The van der Waals surface area contributed by atoms with Crippen molar-refractivity contribution in [2.75, 3.05) is 31.7 Å². The van der Waals surface area contributed by atoms with Crippen LogP contribution in [-0.4, -0.2) is 48.0 Å². The highest BCUT2D eigenvalue weighted by Crippen LogP contribution is 2.36. The molecule has 6 nitrogen and oxygen atoms in total. The average Bonchev–Trinajstić information content (AvgIpc) is 2.68. The van der Waals surface area contributed by atoms with Crippen LogP contribution in [0.15, 0.2) is 30.5 Å². The third-order valence-electron chi connectivity index (χ3n) is 5.20. The molecule has 6 heteroatoms. The molecule has 4 rings (SSSR count). The molecule has 2 aliphatic heterocycles. The first-order valence-electron chi connectivity index (χ1n) is 9.26. The van der Waals surface area contributed by atoms with E-state index in [9.17, 15) is 5.11 Å². The highest BCUT2D eigenvalue weighted by Gasteiger charge is 2.24. The Bertz CT molecular complexity index is 760. The number of methoxy groups -OCH3 is 1. The summed E-state index contributed by atoms with van der Waals surface area (Å²) in [5, 5.41) is 9.68. The van der Waals surface area contributed by atoms with Crippen LogP contribution in [0, 0.1) is 5.92 Å². The minimum absolute atomic E-state index is 0.177. The van der Waals surface area contributed by atoms with Crippen molar-refractivity contribution in [1.82, 2.24) is 9.97 Å². The van der Waals surface area contributed by atoms with Gasteiger partial charge < -0.3 is 19.5 Å². The van der Waals surface area contributed by atoms with Gasteiger partial charge in [-0.25, -0.2) is 9.97 Å².